The summed E-state index contributed by atoms with van der Waals surface area (Å²) in [6.45, 7) is 6.65. The van der Waals surface area contributed by atoms with E-state index in [4.69, 9.17) is 0 Å². The molecule has 0 saturated carbocycles. The average molecular weight is 270 g/mol. The van der Waals surface area contributed by atoms with Gasteiger partial charge in [-0.15, -0.1) is 0 Å². The summed E-state index contributed by atoms with van der Waals surface area (Å²) in [6.07, 6.45) is 0. The highest BCUT2D eigenvalue weighted by atomic mass is 16.2. The summed E-state index contributed by atoms with van der Waals surface area (Å²) in [5.41, 5.74) is -1.44. The van der Waals surface area contributed by atoms with Crippen LogP contribution in [0.5, 0.6) is 0 Å². The standard InChI is InChI=1S/C6H10N2O2.C5H8N2O2/c1-6(2)4(9)8(3)5(10)7-6;1-5(2)3(8)6-4(9)7-5/h1-3H3,(H,7,10);1-2H3,(H2,6,7,8,9). The monoisotopic (exact) mass is 270 g/mol. The highest BCUT2D eigenvalue weighted by Gasteiger charge is 2.41. The van der Waals surface area contributed by atoms with Crippen LogP contribution >= 0.6 is 0 Å². The number of imide groups is 2. The van der Waals surface area contributed by atoms with Crippen LogP contribution in [0.1, 0.15) is 27.7 Å². The summed E-state index contributed by atoms with van der Waals surface area (Å²) >= 11 is 0. The number of likely N-dealkylation sites (N-methyl/N-ethyl adjacent to an activating group) is 1. The van der Waals surface area contributed by atoms with Gasteiger partial charge in [-0.25, -0.2) is 9.59 Å². The molecule has 106 valence electrons. The molecule has 19 heavy (non-hydrogen) atoms. The molecule has 0 radical (unpaired) electrons. The van der Waals surface area contributed by atoms with E-state index < -0.39 is 17.1 Å². The summed E-state index contributed by atoms with van der Waals surface area (Å²) in [4.78, 5) is 44.1. The molecule has 6 amide bonds. The van der Waals surface area contributed by atoms with Crippen molar-refractivity contribution in [2.45, 2.75) is 38.8 Å². The van der Waals surface area contributed by atoms with Crippen molar-refractivity contribution in [2.24, 2.45) is 0 Å². The van der Waals surface area contributed by atoms with Crippen LogP contribution in [-0.2, 0) is 9.59 Å². The zero-order valence-electron chi connectivity index (χ0n) is 11.6. The lowest BCUT2D eigenvalue weighted by Crippen LogP contribution is -2.39. The van der Waals surface area contributed by atoms with Gasteiger partial charge in [0.2, 0.25) is 0 Å². The van der Waals surface area contributed by atoms with Gasteiger partial charge in [0.15, 0.2) is 0 Å². The van der Waals surface area contributed by atoms with Gasteiger partial charge in [-0.1, -0.05) is 0 Å². The van der Waals surface area contributed by atoms with Crippen molar-refractivity contribution in [2.75, 3.05) is 7.05 Å². The van der Waals surface area contributed by atoms with Crippen molar-refractivity contribution in [1.82, 2.24) is 20.9 Å². The van der Waals surface area contributed by atoms with E-state index in [1.807, 2.05) is 0 Å². The molecule has 2 fully saturated rings. The summed E-state index contributed by atoms with van der Waals surface area (Å²) in [6, 6.07) is -0.736. The van der Waals surface area contributed by atoms with Crippen LogP contribution in [0.4, 0.5) is 9.59 Å². The van der Waals surface area contributed by atoms with Gasteiger partial charge in [-0.3, -0.25) is 19.8 Å². The lowest BCUT2D eigenvalue weighted by molar-refractivity contribution is -0.129. The van der Waals surface area contributed by atoms with Gasteiger partial charge in [-0.2, -0.15) is 0 Å². The Hall–Kier alpha value is -2.12. The second kappa shape index (κ2) is 4.52. The van der Waals surface area contributed by atoms with E-state index in [0.717, 1.165) is 4.90 Å². The van der Waals surface area contributed by atoms with E-state index in [1.54, 1.807) is 27.7 Å². The Morgan fingerprint density at radius 1 is 0.895 bits per heavy atom. The van der Waals surface area contributed by atoms with Gasteiger partial charge in [0.25, 0.3) is 11.8 Å². The Morgan fingerprint density at radius 2 is 1.42 bits per heavy atom. The smallest absolute Gasteiger partial charge is 0.324 e. The van der Waals surface area contributed by atoms with Crippen molar-refractivity contribution in [3.63, 3.8) is 0 Å². The molecule has 0 spiro atoms. The second-order valence-electron chi connectivity index (χ2n) is 5.45. The SMILES string of the molecule is CC1(C)NC(=O)NC1=O.CN1C(=O)NC(C)(C)C1=O. The summed E-state index contributed by atoms with van der Waals surface area (Å²) in [5.74, 6) is -0.454. The van der Waals surface area contributed by atoms with Crippen molar-refractivity contribution < 1.29 is 19.2 Å². The molecule has 8 nitrogen and oxygen atoms in total. The highest BCUT2D eigenvalue weighted by molar-refractivity contribution is 6.06. The topological polar surface area (TPSA) is 108 Å². The Kier molecular flexibility index (Phi) is 3.56. The number of nitrogens with one attached hydrogen (secondary N) is 3. The van der Waals surface area contributed by atoms with E-state index in [0.29, 0.717) is 0 Å². The number of carbonyl (C=O) groups is 4. The Morgan fingerprint density at radius 3 is 1.53 bits per heavy atom. The fourth-order valence-electron chi connectivity index (χ4n) is 1.55. The van der Waals surface area contributed by atoms with Gasteiger partial charge in [0.05, 0.1) is 0 Å². The van der Waals surface area contributed by atoms with Crippen LogP contribution in [-0.4, -0.2) is 46.9 Å². The van der Waals surface area contributed by atoms with Crippen LogP contribution < -0.4 is 16.0 Å². The Balaban J connectivity index is 0.000000191. The zero-order chi connectivity index (χ0) is 15.0. The first-order valence-corrected chi connectivity index (χ1v) is 5.71. The van der Waals surface area contributed by atoms with Crippen molar-refractivity contribution in [3.8, 4) is 0 Å². The number of hydrogen-bond acceptors (Lipinski definition) is 4. The van der Waals surface area contributed by atoms with E-state index in [1.165, 1.54) is 7.05 Å². The molecule has 0 atom stereocenters. The van der Waals surface area contributed by atoms with Crippen molar-refractivity contribution in [1.29, 1.82) is 0 Å². The van der Waals surface area contributed by atoms with Gasteiger partial charge in [0.1, 0.15) is 11.1 Å². The lowest BCUT2D eigenvalue weighted by Gasteiger charge is -2.12. The van der Waals surface area contributed by atoms with Crippen LogP contribution in [0.3, 0.4) is 0 Å². The molecule has 3 N–H and O–H groups in total. The predicted octanol–water partition coefficient (Wildman–Crippen LogP) is -0.449. The third-order valence-corrected chi connectivity index (χ3v) is 2.78. The van der Waals surface area contributed by atoms with E-state index in [-0.39, 0.29) is 17.8 Å². The quantitative estimate of drug-likeness (QED) is 0.518. The average Bonchev–Trinajstić information content (AvgIpc) is 2.56. The van der Waals surface area contributed by atoms with Crippen LogP contribution in [0.15, 0.2) is 0 Å². The molecule has 2 heterocycles. The van der Waals surface area contributed by atoms with Gasteiger partial charge >= 0.3 is 12.1 Å². The van der Waals surface area contributed by atoms with Gasteiger partial charge < -0.3 is 10.6 Å². The third kappa shape index (κ3) is 3.01. The van der Waals surface area contributed by atoms with E-state index >= 15 is 0 Å². The molecule has 2 rings (SSSR count). The van der Waals surface area contributed by atoms with Crippen molar-refractivity contribution >= 4 is 23.9 Å². The summed E-state index contributed by atoms with van der Waals surface area (Å²) < 4.78 is 0. The molecule has 0 bridgehead atoms. The maximum atomic E-state index is 11.1. The largest absolute Gasteiger partial charge is 0.324 e. The van der Waals surface area contributed by atoms with Gasteiger partial charge in [-0.05, 0) is 27.7 Å². The summed E-state index contributed by atoms with van der Waals surface area (Å²) in [5, 5.41) is 7.09. The molecule has 0 unspecified atom stereocenters. The first-order chi connectivity index (χ1) is 8.47. The molecular formula is C11H18N4O4. The van der Waals surface area contributed by atoms with Crippen molar-refractivity contribution in [3.05, 3.63) is 0 Å². The first-order valence-electron chi connectivity index (χ1n) is 5.71. The number of urea groups is 2. The zero-order valence-corrected chi connectivity index (χ0v) is 11.6. The van der Waals surface area contributed by atoms with E-state index in [2.05, 4.69) is 16.0 Å². The fourth-order valence-corrected chi connectivity index (χ4v) is 1.55. The molecule has 0 aromatic carbocycles. The van der Waals surface area contributed by atoms with Crippen LogP contribution in [0.25, 0.3) is 0 Å². The molecular weight excluding hydrogens is 252 g/mol. The number of amides is 6. The number of nitrogens with zero attached hydrogens (tertiary/aromatic N) is 1. The Bertz CT molecular complexity index is 456. The number of hydrogen-bond donors (Lipinski definition) is 3. The predicted molar refractivity (Wildman–Crippen MR) is 66.1 cm³/mol. The summed E-state index contributed by atoms with van der Waals surface area (Å²) in [7, 11) is 1.46. The Labute approximate surface area is 110 Å². The fraction of sp³-hybridized carbons (Fsp3) is 0.636. The second-order valence-corrected chi connectivity index (χ2v) is 5.45. The number of rotatable bonds is 0. The normalized spacial score (nSPS) is 23.3. The molecule has 8 heteroatoms. The maximum absolute atomic E-state index is 11.1. The van der Waals surface area contributed by atoms with Crippen LogP contribution in [0.2, 0.25) is 0 Å². The van der Waals surface area contributed by atoms with Crippen LogP contribution in [0, 0.1) is 0 Å². The minimum Gasteiger partial charge on any atom is -0.324 e. The van der Waals surface area contributed by atoms with E-state index in [9.17, 15) is 19.2 Å². The maximum Gasteiger partial charge on any atom is 0.324 e. The molecule has 0 aromatic heterocycles. The first kappa shape index (κ1) is 14.9. The third-order valence-electron chi connectivity index (χ3n) is 2.78. The highest BCUT2D eigenvalue weighted by Crippen LogP contribution is 2.13. The minimum absolute atomic E-state index is 0.183. The molecule has 0 aliphatic carbocycles. The molecule has 0 aromatic rings. The lowest BCUT2D eigenvalue weighted by atomic mass is 10.1. The minimum atomic E-state index is -0.725. The number of carbonyl (C=O) groups excluding carboxylic acids is 4. The molecule has 2 aliphatic heterocycles. The van der Waals surface area contributed by atoms with Gasteiger partial charge in [0, 0.05) is 7.05 Å². The molecule has 2 saturated heterocycles. The molecule has 2 aliphatic rings.